The predicted molar refractivity (Wildman–Crippen MR) is 171 cm³/mol. The van der Waals surface area contributed by atoms with Gasteiger partial charge in [-0.1, -0.05) is 92.7 Å². The van der Waals surface area contributed by atoms with Gasteiger partial charge in [0.05, 0.1) is 27.6 Å². The Hall–Kier alpha value is -4.52. The number of hydrogen-bond donors (Lipinski definition) is 0. The maximum absolute atomic E-state index is 2.65. The highest BCUT2D eigenvalue weighted by atomic mass is 31.1. The summed E-state index contributed by atoms with van der Waals surface area (Å²) in [6.45, 7) is 4.76. The van der Waals surface area contributed by atoms with Crippen LogP contribution in [0.1, 0.15) is 25.0 Å². The van der Waals surface area contributed by atoms with Gasteiger partial charge in [-0.3, -0.25) is 4.16 Å². The van der Waals surface area contributed by atoms with Crippen LogP contribution in [0.5, 0.6) is 0 Å². The average Bonchev–Trinajstić information content (AvgIpc) is 3.60. The third-order valence-electron chi connectivity index (χ3n) is 9.02. The van der Waals surface area contributed by atoms with Crippen molar-refractivity contribution in [2.24, 2.45) is 0 Å². The Morgan fingerprint density at radius 1 is 0.500 bits per heavy atom. The maximum atomic E-state index is 2.65. The molecule has 3 heterocycles. The number of nitrogens with zero attached hydrogens (tertiary/aromatic N) is 2. The van der Waals surface area contributed by atoms with Crippen molar-refractivity contribution in [1.29, 1.82) is 0 Å². The van der Waals surface area contributed by atoms with Gasteiger partial charge in [0.25, 0.3) is 0 Å². The second-order valence-electron chi connectivity index (χ2n) is 11.5. The number of rotatable bonds is 1. The fourth-order valence-electron chi connectivity index (χ4n) is 7.16. The third-order valence-corrected chi connectivity index (χ3v) is 11.5. The van der Waals surface area contributed by atoms with E-state index in [-0.39, 0.29) is 5.41 Å². The normalized spacial score (nSPS) is 14.4. The highest BCUT2D eigenvalue weighted by Crippen LogP contribution is 2.54. The van der Waals surface area contributed by atoms with Crippen molar-refractivity contribution in [3.63, 3.8) is 0 Å². The van der Waals surface area contributed by atoms with Crippen LogP contribution in [0.25, 0.3) is 59.9 Å². The van der Waals surface area contributed by atoms with Crippen LogP contribution in [0.15, 0.2) is 127 Å². The molecule has 2 nitrogen and oxygen atoms in total. The molecule has 1 atom stereocenters. The topological polar surface area (TPSA) is 8.82 Å². The summed E-state index contributed by atoms with van der Waals surface area (Å²) in [5.74, 6) is 0. The molecule has 0 bridgehead atoms. The van der Waals surface area contributed by atoms with Gasteiger partial charge in [-0.15, -0.1) is 0 Å². The van der Waals surface area contributed by atoms with E-state index in [1.165, 1.54) is 71.0 Å². The summed E-state index contributed by atoms with van der Waals surface area (Å²) in [7, 11) is -0.892. The van der Waals surface area contributed by atoms with E-state index >= 15 is 0 Å². The molecule has 9 rings (SSSR count). The van der Waals surface area contributed by atoms with E-state index in [2.05, 4.69) is 150 Å². The average molecular weight is 531 g/mol. The van der Waals surface area contributed by atoms with Gasteiger partial charge in [-0.2, -0.15) is 0 Å². The first-order valence-corrected chi connectivity index (χ1v) is 15.3. The highest BCUT2D eigenvalue weighted by molar-refractivity contribution is 7.59. The van der Waals surface area contributed by atoms with E-state index in [9.17, 15) is 0 Å². The molecule has 0 aliphatic heterocycles. The summed E-state index contributed by atoms with van der Waals surface area (Å²) in [4.78, 5) is 0. The van der Waals surface area contributed by atoms with E-state index in [0.717, 1.165) is 0 Å². The van der Waals surface area contributed by atoms with Crippen molar-refractivity contribution < 1.29 is 0 Å². The lowest BCUT2D eigenvalue weighted by molar-refractivity contribution is 0.661. The Bertz CT molecular complexity index is 2360. The van der Waals surface area contributed by atoms with Crippen LogP contribution < -0.4 is 0 Å². The summed E-state index contributed by atoms with van der Waals surface area (Å²) >= 11 is 0. The molecule has 0 radical (unpaired) electrons. The summed E-state index contributed by atoms with van der Waals surface area (Å²) in [5, 5.41) is 5.33. The van der Waals surface area contributed by atoms with Crippen molar-refractivity contribution in [1.82, 2.24) is 8.56 Å². The Labute approximate surface area is 233 Å². The minimum Gasteiger partial charge on any atom is -0.307 e. The van der Waals surface area contributed by atoms with Crippen LogP contribution in [0.4, 0.5) is 0 Å². The number of para-hydroxylation sites is 3. The molecule has 1 aliphatic rings. The van der Waals surface area contributed by atoms with Crippen molar-refractivity contribution >= 4 is 51.2 Å². The quantitative estimate of drug-likeness (QED) is 0.200. The predicted octanol–water partition coefficient (Wildman–Crippen LogP) is 10.5. The largest absolute Gasteiger partial charge is 0.307 e. The minimum atomic E-state index is -0.892. The van der Waals surface area contributed by atoms with Crippen LogP contribution in [0.2, 0.25) is 0 Å². The fraction of sp³-hybridized carbons (Fsp3) is 0.0811. The summed E-state index contributed by atoms with van der Waals surface area (Å²) < 4.78 is 5.14. The van der Waals surface area contributed by atoms with Crippen LogP contribution >= 0.6 is 7.69 Å². The molecule has 3 aromatic heterocycles. The molecule has 0 saturated carbocycles. The molecule has 190 valence electrons. The molecule has 0 spiro atoms. The number of hydrogen-bond acceptors (Lipinski definition) is 0. The van der Waals surface area contributed by atoms with Crippen LogP contribution in [0.3, 0.4) is 0 Å². The zero-order valence-corrected chi connectivity index (χ0v) is 23.4. The van der Waals surface area contributed by atoms with Gasteiger partial charge in [0, 0.05) is 26.6 Å². The zero-order valence-electron chi connectivity index (χ0n) is 22.5. The molecule has 0 amide bonds. The molecule has 1 unspecified atom stereocenters. The number of benzene rings is 5. The Morgan fingerprint density at radius 3 is 1.98 bits per heavy atom. The zero-order chi connectivity index (χ0) is 26.6. The highest BCUT2D eigenvalue weighted by Gasteiger charge is 2.35. The van der Waals surface area contributed by atoms with Crippen LogP contribution in [0, 0.1) is 0 Å². The lowest BCUT2D eigenvalue weighted by Gasteiger charge is -2.22. The smallest absolute Gasteiger partial charge is 0.0741 e. The van der Waals surface area contributed by atoms with E-state index in [0.29, 0.717) is 0 Å². The molecule has 5 aromatic carbocycles. The first-order valence-electron chi connectivity index (χ1n) is 14.0. The molecule has 0 fully saturated rings. The van der Waals surface area contributed by atoms with Gasteiger partial charge < -0.3 is 4.40 Å². The van der Waals surface area contributed by atoms with Crippen molar-refractivity contribution in [3.8, 4) is 16.4 Å². The first kappa shape index (κ1) is 22.3. The lowest BCUT2D eigenvalue weighted by atomic mass is 9.82. The van der Waals surface area contributed by atoms with Gasteiger partial charge in [0.1, 0.15) is 0 Å². The van der Waals surface area contributed by atoms with E-state index in [4.69, 9.17) is 0 Å². The molecule has 3 heteroatoms. The fourth-order valence-corrected chi connectivity index (χ4v) is 9.74. The molecule has 8 aromatic rings. The molecule has 1 aliphatic carbocycles. The maximum Gasteiger partial charge on any atom is 0.0741 e. The third kappa shape index (κ3) is 2.79. The van der Waals surface area contributed by atoms with Gasteiger partial charge in [-0.05, 0) is 78.5 Å². The minimum absolute atomic E-state index is 0.0360. The SMILES string of the molecule is CC1(C)c2ccccc2-c2ccc(-p3c4ccccc4n4c5ccccc5cc4c4cc5ccccc5n43)cc21. The van der Waals surface area contributed by atoms with Crippen molar-refractivity contribution in [2.45, 2.75) is 19.3 Å². The number of aromatic nitrogens is 2. The van der Waals surface area contributed by atoms with Gasteiger partial charge in [0.2, 0.25) is 0 Å². The molecule has 0 N–H and O–H groups in total. The summed E-state index contributed by atoms with van der Waals surface area (Å²) in [6.07, 6.45) is 0. The van der Waals surface area contributed by atoms with E-state index in [1.54, 1.807) is 0 Å². The van der Waals surface area contributed by atoms with Gasteiger partial charge in [-0.25, -0.2) is 0 Å². The molecular formula is C37H27N2P. The summed E-state index contributed by atoms with van der Waals surface area (Å²) in [6, 6.07) is 47.7. The summed E-state index contributed by atoms with van der Waals surface area (Å²) in [5.41, 5.74) is 11.9. The van der Waals surface area contributed by atoms with E-state index < -0.39 is 7.69 Å². The Morgan fingerprint density at radius 2 is 1.12 bits per heavy atom. The lowest BCUT2D eigenvalue weighted by Crippen LogP contribution is -2.14. The monoisotopic (exact) mass is 530 g/mol. The second-order valence-corrected chi connectivity index (χ2v) is 13.5. The van der Waals surface area contributed by atoms with E-state index in [1.807, 2.05) is 0 Å². The number of fused-ring (bicyclic) bond motifs is 12. The molecule has 40 heavy (non-hydrogen) atoms. The second kappa shape index (κ2) is 7.78. The van der Waals surface area contributed by atoms with Crippen molar-refractivity contribution in [2.75, 3.05) is 0 Å². The standard InChI is InChI=1S/C37H27N2P/c1-37(2)29-14-6-5-13-27(29)28-20-19-26(23-30(28)37)40-36-18-10-9-17-33(36)38-31-15-7-3-11-24(31)21-34(38)35-22-25-12-4-8-16-32(25)39(35)40/h3-23H,1-2H3. The first-order chi connectivity index (χ1) is 19.6. The van der Waals surface area contributed by atoms with Gasteiger partial charge in [0.15, 0.2) is 0 Å². The Kier molecular flexibility index (Phi) is 4.34. The Balaban J connectivity index is 1.51. The molecular weight excluding hydrogens is 503 g/mol. The van der Waals surface area contributed by atoms with Crippen molar-refractivity contribution in [3.05, 3.63) is 139 Å². The molecule has 0 saturated heterocycles. The van der Waals surface area contributed by atoms with Crippen LogP contribution in [-0.4, -0.2) is 8.56 Å². The van der Waals surface area contributed by atoms with Gasteiger partial charge >= 0.3 is 0 Å². The van der Waals surface area contributed by atoms with Crippen LogP contribution in [-0.2, 0) is 5.41 Å².